The average molecular weight is 834 g/mol. The summed E-state index contributed by atoms with van der Waals surface area (Å²) in [5.74, 6) is 1.26. The topological polar surface area (TPSA) is 124 Å². The number of tetrazole rings is 1. The minimum absolute atomic E-state index is 0.123. The number of amides is 1. The van der Waals surface area contributed by atoms with E-state index in [4.69, 9.17) is 20.0 Å². The van der Waals surface area contributed by atoms with E-state index in [0.29, 0.717) is 50.8 Å². The second-order valence-electron chi connectivity index (χ2n) is 15.5. The number of imidazole rings is 1. The molecular weight excluding hydrogens is 787 g/mol. The van der Waals surface area contributed by atoms with Crippen LogP contribution in [-0.2, 0) is 23.2 Å². The Hall–Kier alpha value is -7.73. The number of esters is 1. The molecule has 63 heavy (non-hydrogen) atoms. The number of aryl methyl sites for hydroxylation is 1. The lowest BCUT2D eigenvalue weighted by Gasteiger charge is -2.36. The van der Waals surface area contributed by atoms with E-state index < -0.39 is 11.5 Å². The Kier molecular flexibility index (Phi) is 11.7. The largest absolute Gasteiger partial charge is 0.464 e. The van der Waals surface area contributed by atoms with Gasteiger partial charge in [-0.15, -0.1) is 5.10 Å². The fraction of sp³-hybridized carbons (Fsp3) is 0.196. The average Bonchev–Trinajstić information content (AvgIpc) is 3.98. The Labute approximate surface area is 366 Å². The van der Waals surface area contributed by atoms with Gasteiger partial charge in [-0.25, -0.2) is 19.4 Å². The molecule has 1 aliphatic heterocycles. The lowest BCUT2D eigenvalue weighted by Crippen LogP contribution is -2.49. The number of hydrogen-bond acceptors (Lipinski definition) is 9. The van der Waals surface area contributed by atoms with E-state index in [-0.39, 0.29) is 17.3 Å². The van der Waals surface area contributed by atoms with Crippen LogP contribution in [0.25, 0.3) is 22.5 Å². The Morgan fingerprint density at radius 2 is 1.27 bits per heavy atom. The van der Waals surface area contributed by atoms with E-state index >= 15 is 0 Å². The Morgan fingerprint density at radius 1 is 0.683 bits per heavy atom. The molecule has 0 bridgehead atoms. The predicted octanol–water partition coefficient (Wildman–Crippen LogP) is 8.19. The quantitative estimate of drug-likeness (QED) is 0.0836. The van der Waals surface area contributed by atoms with Crippen LogP contribution in [0, 0.1) is 0 Å². The second-order valence-corrected chi connectivity index (χ2v) is 15.5. The van der Waals surface area contributed by atoms with Crippen molar-refractivity contribution in [3.63, 3.8) is 0 Å². The summed E-state index contributed by atoms with van der Waals surface area (Å²) in [6.45, 7) is 4.58. The lowest BCUT2D eigenvalue weighted by molar-refractivity contribution is 0.0576. The molecule has 314 valence electrons. The van der Waals surface area contributed by atoms with Crippen LogP contribution in [0.2, 0.25) is 0 Å². The molecule has 9 rings (SSSR count). The van der Waals surface area contributed by atoms with Gasteiger partial charge in [0.25, 0.3) is 5.91 Å². The Balaban J connectivity index is 1.06. The molecule has 4 heterocycles. The van der Waals surface area contributed by atoms with Gasteiger partial charge >= 0.3 is 5.97 Å². The van der Waals surface area contributed by atoms with E-state index in [2.05, 4.69) is 82.7 Å². The maximum atomic E-state index is 14.2. The molecule has 0 radical (unpaired) electrons. The monoisotopic (exact) mass is 833 g/mol. The summed E-state index contributed by atoms with van der Waals surface area (Å²) in [4.78, 5) is 40.9. The van der Waals surface area contributed by atoms with Gasteiger partial charge in [0.2, 0.25) is 0 Å². The van der Waals surface area contributed by atoms with Crippen LogP contribution >= 0.6 is 0 Å². The van der Waals surface area contributed by atoms with Crippen molar-refractivity contribution in [2.75, 3.05) is 38.2 Å². The molecule has 0 aliphatic carbocycles. The zero-order chi connectivity index (χ0) is 43.2. The van der Waals surface area contributed by atoms with E-state index in [1.165, 1.54) is 7.11 Å². The summed E-state index contributed by atoms with van der Waals surface area (Å²) in [6, 6.07) is 53.3. The summed E-state index contributed by atoms with van der Waals surface area (Å²) >= 11 is 0. The van der Waals surface area contributed by atoms with E-state index in [0.717, 1.165) is 51.2 Å². The summed E-state index contributed by atoms with van der Waals surface area (Å²) in [6.07, 6.45) is 3.13. The lowest BCUT2D eigenvalue weighted by atomic mass is 9.77. The van der Waals surface area contributed by atoms with Crippen molar-refractivity contribution in [3.8, 4) is 22.5 Å². The van der Waals surface area contributed by atoms with Gasteiger partial charge in [-0.05, 0) is 62.4 Å². The van der Waals surface area contributed by atoms with Crippen molar-refractivity contribution < 1.29 is 14.3 Å². The van der Waals surface area contributed by atoms with E-state index in [1.54, 1.807) is 11.1 Å². The first-order valence-electron chi connectivity index (χ1n) is 21.3. The number of aromatic nitrogens is 7. The third kappa shape index (κ3) is 7.76. The smallest absolute Gasteiger partial charge is 0.357 e. The summed E-state index contributed by atoms with van der Waals surface area (Å²) < 4.78 is 9.09. The maximum absolute atomic E-state index is 14.2. The van der Waals surface area contributed by atoms with Crippen molar-refractivity contribution in [1.82, 2.24) is 39.6 Å². The summed E-state index contributed by atoms with van der Waals surface area (Å²) in [5.41, 5.74) is 6.12. The molecule has 0 unspecified atom stereocenters. The Morgan fingerprint density at radius 3 is 1.84 bits per heavy atom. The standard InChI is InChI=1S/C51H47N9O3/c1-3-17-45-53-46(49(61)58-34-32-57(33-35-58)44-26-15-16-31-52-44)47(50(62)63-2)59(45)36-37-27-29-38(30-28-37)42-24-13-14-25-43(42)48-54-55-56-60(48)51(39-18-7-4-8-19-39,40-20-9-5-10-21-40)41-22-11-6-12-23-41/h4-16,18-31H,3,17,32-36H2,1-2H3. The molecule has 0 saturated carbocycles. The van der Waals surface area contributed by atoms with Gasteiger partial charge in [0, 0.05) is 50.9 Å². The number of carbonyl (C=O) groups is 2. The number of pyridine rings is 1. The number of anilines is 1. The predicted molar refractivity (Wildman–Crippen MR) is 242 cm³/mol. The second kappa shape index (κ2) is 18.1. The molecule has 0 N–H and O–H groups in total. The van der Waals surface area contributed by atoms with Crippen LogP contribution in [0.4, 0.5) is 5.82 Å². The highest BCUT2D eigenvalue weighted by Gasteiger charge is 2.42. The number of nitrogens with zero attached hydrogens (tertiary/aromatic N) is 9. The summed E-state index contributed by atoms with van der Waals surface area (Å²) in [5, 5.41) is 13.8. The third-order valence-corrected chi connectivity index (χ3v) is 11.8. The molecule has 1 saturated heterocycles. The fourth-order valence-electron chi connectivity index (χ4n) is 8.75. The van der Waals surface area contributed by atoms with Gasteiger partial charge < -0.3 is 19.1 Å². The van der Waals surface area contributed by atoms with Crippen molar-refractivity contribution in [2.45, 2.75) is 31.8 Å². The van der Waals surface area contributed by atoms with Crippen molar-refractivity contribution in [2.24, 2.45) is 0 Å². The molecule has 5 aromatic carbocycles. The minimum atomic E-state index is -0.911. The number of piperazine rings is 1. The van der Waals surface area contributed by atoms with Crippen molar-refractivity contribution in [3.05, 3.63) is 203 Å². The number of carbonyl (C=O) groups excluding carboxylic acids is 2. The zero-order valence-electron chi connectivity index (χ0n) is 35.3. The molecule has 8 aromatic rings. The van der Waals surface area contributed by atoms with Crippen LogP contribution in [0.5, 0.6) is 0 Å². The number of rotatable bonds is 13. The van der Waals surface area contributed by atoms with Crippen LogP contribution in [0.1, 0.15) is 62.4 Å². The first-order valence-corrected chi connectivity index (χ1v) is 21.3. The highest BCUT2D eigenvalue weighted by Crippen LogP contribution is 2.43. The number of methoxy groups -OCH3 is 1. The van der Waals surface area contributed by atoms with Crippen molar-refractivity contribution in [1.29, 1.82) is 0 Å². The fourth-order valence-corrected chi connectivity index (χ4v) is 8.75. The zero-order valence-corrected chi connectivity index (χ0v) is 35.3. The molecule has 3 aromatic heterocycles. The van der Waals surface area contributed by atoms with Crippen molar-refractivity contribution >= 4 is 17.7 Å². The SMILES string of the molecule is CCCc1nc(C(=O)N2CCN(c3ccccn3)CC2)c(C(=O)OC)n1Cc1ccc(-c2ccccc2-c2nnnn2C(c2ccccc2)(c2ccccc2)c2ccccc2)cc1. The number of hydrogen-bond donors (Lipinski definition) is 0. The molecule has 0 spiro atoms. The highest BCUT2D eigenvalue weighted by atomic mass is 16.5. The van der Waals surface area contributed by atoms with Gasteiger partial charge in [-0.2, -0.15) is 0 Å². The molecule has 12 nitrogen and oxygen atoms in total. The highest BCUT2D eigenvalue weighted by molar-refractivity contribution is 6.03. The number of ether oxygens (including phenoxy) is 1. The van der Waals surface area contributed by atoms with Gasteiger partial charge in [-0.1, -0.05) is 153 Å². The molecule has 0 atom stereocenters. The van der Waals surface area contributed by atoms with Crippen LogP contribution in [-0.4, -0.2) is 84.8 Å². The summed E-state index contributed by atoms with van der Waals surface area (Å²) in [7, 11) is 1.34. The minimum Gasteiger partial charge on any atom is -0.464 e. The van der Waals surface area contributed by atoms with Gasteiger partial charge in [0.15, 0.2) is 17.2 Å². The van der Waals surface area contributed by atoms with Crippen LogP contribution in [0.15, 0.2) is 164 Å². The van der Waals surface area contributed by atoms with Gasteiger partial charge in [0.05, 0.1) is 7.11 Å². The molecular formula is C51H47N9O3. The van der Waals surface area contributed by atoms with Crippen LogP contribution < -0.4 is 4.90 Å². The van der Waals surface area contributed by atoms with Crippen LogP contribution in [0.3, 0.4) is 0 Å². The van der Waals surface area contributed by atoms with E-state index in [1.807, 2.05) is 106 Å². The first kappa shape index (κ1) is 40.7. The van der Waals surface area contributed by atoms with E-state index in [9.17, 15) is 9.59 Å². The normalized spacial score (nSPS) is 12.9. The van der Waals surface area contributed by atoms with Gasteiger partial charge in [-0.3, -0.25) is 4.79 Å². The molecule has 1 aliphatic rings. The maximum Gasteiger partial charge on any atom is 0.357 e. The molecule has 12 heteroatoms. The first-order chi connectivity index (χ1) is 31.0. The third-order valence-electron chi connectivity index (χ3n) is 11.8. The Bertz CT molecular complexity index is 2710. The van der Waals surface area contributed by atoms with Gasteiger partial charge in [0.1, 0.15) is 17.2 Å². The number of benzene rings is 5. The molecule has 1 amide bonds. The molecule has 1 fully saturated rings.